The van der Waals surface area contributed by atoms with Gasteiger partial charge in [-0.25, -0.2) is 13.1 Å². The van der Waals surface area contributed by atoms with E-state index in [-0.39, 0.29) is 24.4 Å². The van der Waals surface area contributed by atoms with Crippen LogP contribution in [0.25, 0.3) is 0 Å². The average Bonchev–Trinajstić information content (AvgIpc) is 2.54. The van der Waals surface area contributed by atoms with E-state index in [1.807, 2.05) is 0 Å². The number of amides is 1. The molecule has 1 atom stereocenters. The summed E-state index contributed by atoms with van der Waals surface area (Å²) in [5, 5.41) is 2.29. The third-order valence-electron chi connectivity index (χ3n) is 2.02. The normalized spacial score (nSPS) is 21.8. The molecule has 0 aliphatic carbocycles. The van der Waals surface area contributed by atoms with Gasteiger partial charge in [0.05, 0.1) is 0 Å². The molecule has 1 saturated heterocycles. The average molecular weight is 262 g/mol. The summed E-state index contributed by atoms with van der Waals surface area (Å²) in [6, 6.07) is 0. The van der Waals surface area contributed by atoms with Gasteiger partial charge in [0, 0.05) is 12.1 Å². The highest BCUT2D eigenvalue weighted by Crippen LogP contribution is 2.04. The Morgan fingerprint density at radius 3 is 2.65 bits per heavy atom. The summed E-state index contributed by atoms with van der Waals surface area (Å²) in [4.78, 5) is 22.3. The van der Waals surface area contributed by atoms with E-state index in [4.69, 9.17) is 4.74 Å². The Balaban J connectivity index is 2.31. The number of rotatable bonds is 4. The summed E-state index contributed by atoms with van der Waals surface area (Å²) in [6.07, 6.45) is -0.700. The standard InChI is InChI=1S/C9H14N2O5S/c1-6(2)9(13)10-4-8(12)16-7-3-11-17(14,15)5-7/h7,11H,1,3-5H2,2H3,(H,10,13). The van der Waals surface area contributed by atoms with E-state index >= 15 is 0 Å². The molecule has 0 radical (unpaired) electrons. The van der Waals surface area contributed by atoms with Gasteiger partial charge in [0.15, 0.2) is 0 Å². The maximum atomic E-state index is 11.2. The minimum Gasteiger partial charge on any atom is -0.459 e. The first-order valence-corrected chi connectivity index (χ1v) is 6.56. The molecule has 1 amide bonds. The lowest BCUT2D eigenvalue weighted by Gasteiger charge is -2.10. The Kier molecular flexibility index (Phi) is 4.24. The highest BCUT2D eigenvalue weighted by molar-refractivity contribution is 7.89. The molecule has 8 heteroatoms. The van der Waals surface area contributed by atoms with Crippen LogP contribution in [0.3, 0.4) is 0 Å². The second-order valence-corrected chi connectivity index (χ2v) is 5.56. The maximum absolute atomic E-state index is 11.2. The monoisotopic (exact) mass is 262 g/mol. The molecule has 0 aromatic carbocycles. The van der Waals surface area contributed by atoms with Crippen LogP contribution in [0.4, 0.5) is 0 Å². The number of carbonyl (C=O) groups excluding carboxylic acids is 2. The highest BCUT2D eigenvalue weighted by Gasteiger charge is 2.30. The van der Waals surface area contributed by atoms with Gasteiger partial charge >= 0.3 is 5.97 Å². The number of hydrogen-bond donors (Lipinski definition) is 2. The molecular weight excluding hydrogens is 248 g/mol. The predicted octanol–water partition coefficient (Wildman–Crippen LogP) is -1.48. The van der Waals surface area contributed by atoms with Crippen molar-refractivity contribution in [2.45, 2.75) is 13.0 Å². The Bertz CT molecular complexity index is 442. The van der Waals surface area contributed by atoms with Crippen LogP contribution in [-0.2, 0) is 24.3 Å². The number of sulfonamides is 1. The first-order chi connectivity index (χ1) is 7.80. The minimum absolute atomic E-state index is 0.0719. The SMILES string of the molecule is C=C(C)C(=O)NCC(=O)OC1CNS(=O)(=O)C1. The van der Waals surface area contributed by atoms with Gasteiger partial charge in [-0.1, -0.05) is 6.58 Å². The molecule has 0 bridgehead atoms. The summed E-state index contributed by atoms with van der Waals surface area (Å²) < 4.78 is 29.1. The summed E-state index contributed by atoms with van der Waals surface area (Å²) >= 11 is 0. The molecule has 0 aromatic rings. The molecule has 2 N–H and O–H groups in total. The van der Waals surface area contributed by atoms with Crippen molar-refractivity contribution in [2.24, 2.45) is 0 Å². The van der Waals surface area contributed by atoms with Crippen LogP contribution in [0, 0.1) is 0 Å². The number of hydrogen-bond acceptors (Lipinski definition) is 5. The molecule has 96 valence electrons. The molecule has 0 saturated carbocycles. The number of ether oxygens (including phenoxy) is 1. The molecule has 1 fully saturated rings. The van der Waals surface area contributed by atoms with E-state index in [0.29, 0.717) is 0 Å². The van der Waals surface area contributed by atoms with Crippen molar-refractivity contribution in [3.63, 3.8) is 0 Å². The van der Waals surface area contributed by atoms with E-state index in [1.165, 1.54) is 6.92 Å². The van der Waals surface area contributed by atoms with E-state index in [9.17, 15) is 18.0 Å². The Morgan fingerprint density at radius 2 is 2.18 bits per heavy atom. The third kappa shape index (κ3) is 4.53. The van der Waals surface area contributed by atoms with Gasteiger partial charge in [-0.3, -0.25) is 9.59 Å². The van der Waals surface area contributed by atoms with E-state index in [2.05, 4.69) is 16.6 Å². The minimum atomic E-state index is -3.31. The molecule has 1 unspecified atom stereocenters. The second kappa shape index (κ2) is 5.28. The quantitative estimate of drug-likeness (QED) is 0.475. The van der Waals surface area contributed by atoms with Crippen LogP contribution >= 0.6 is 0 Å². The molecule has 0 spiro atoms. The molecular formula is C9H14N2O5S. The topological polar surface area (TPSA) is 102 Å². The lowest BCUT2D eigenvalue weighted by Crippen LogP contribution is -2.33. The van der Waals surface area contributed by atoms with Crippen molar-refractivity contribution >= 4 is 21.9 Å². The van der Waals surface area contributed by atoms with Crippen LogP contribution in [0.5, 0.6) is 0 Å². The van der Waals surface area contributed by atoms with Crippen LogP contribution in [0.1, 0.15) is 6.92 Å². The summed E-state index contributed by atoms with van der Waals surface area (Å²) in [6.45, 7) is 4.68. The summed E-state index contributed by atoms with van der Waals surface area (Å²) in [7, 11) is -3.31. The number of nitrogens with one attached hydrogen (secondary N) is 2. The summed E-state index contributed by atoms with van der Waals surface area (Å²) in [5.41, 5.74) is 0.280. The van der Waals surface area contributed by atoms with Gasteiger partial charge in [-0.15, -0.1) is 0 Å². The Morgan fingerprint density at radius 1 is 1.53 bits per heavy atom. The van der Waals surface area contributed by atoms with Crippen LogP contribution < -0.4 is 10.0 Å². The highest BCUT2D eigenvalue weighted by atomic mass is 32.2. The van der Waals surface area contributed by atoms with E-state index in [0.717, 1.165) is 0 Å². The molecule has 0 aromatic heterocycles. The smallest absolute Gasteiger partial charge is 0.325 e. The first kappa shape index (κ1) is 13.7. The van der Waals surface area contributed by atoms with Gasteiger partial charge < -0.3 is 10.1 Å². The predicted molar refractivity (Wildman–Crippen MR) is 59.5 cm³/mol. The largest absolute Gasteiger partial charge is 0.459 e. The zero-order chi connectivity index (χ0) is 13.1. The summed E-state index contributed by atoms with van der Waals surface area (Å²) in [5.74, 6) is -1.37. The zero-order valence-corrected chi connectivity index (χ0v) is 10.2. The van der Waals surface area contributed by atoms with Gasteiger partial charge in [0.2, 0.25) is 15.9 Å². The lowest BCUT2D eigenvalue weighted by atomic mass is 10.3. The van der Waals surface area contributed by atoms with Crippen molar-refractivity contribution < 1.29 is 22.7 Å². The number of esters is 1. The molecule has 1 aliphatic heterocycles. The van der Waals surface area contributed by atoms with E-state index in [1.54, 1.807) is 0 Å². The molecule has 1 rings (SSSR count). The molecule has 1 heterocycles. The fraction of sp³-hybridized carbons (Fsp3) is 0.556. The van der Waals surface area contributed by atoms with Crippen molar-refractivity contribution in [2.75, 3.05) is 18.8 Å². The van der Waals surface area contributed by atoms with Crippen LogP contribution in [-0.4, -0.2) is 45.2 Å². The zero-order valence-electron chi connectivity index (χ0n) is 9.36. The molecule has 17 heavy (non-hydrogen) atoms. The molecule has 7 nitrogen and oxygen atoms in total. The van der Waals surface area contributed by atoms with Crippen molar-refractivity contribution in [3.8, 4) is 0 Å². The molecule has 1 aliphatic rings. The lowest BCUT2D eigenvalue weighted by molar-refractivity contribution is -0.147. The van der Waals surface area contributed by atoms with Crippen molar-refractivity contribution in [1.82, 2.24) is 10.0 Å². The fourth-order valence-corrected chi connectivity index (χ4v) is 2.42. The van der Waals surface area contributed by atoms with Crippen molar-refractivity contribution in [3.05, 3.63) is 12.2 Å². The van der Waals surface area contributed by atoms with Gasteiger partial charge in [0.1, 0.15) is 18.4 Å². The Hall–Kier alpha value is -1.41. The Labute approximate surface area is 99.3 Å². The van der Waals surface area contributed by atoms with Gasteiger partial charge in [-0.2, -0.15) is 0 Å². The second-order valence-electron chi connectivity index (χ2n) is 3.70. The van der Waals surface area contributed by atoms with Crippen LogP contribution in [0.15, 0.2) is 12.2 Å². The van der Waals surface area contributed by atoms with Crippen molar-refractivity contribution in [1.29, 1.82) is 0 Å². The maximum Gasteiger partial charge on any atom is 0.325 e. The van der Waals surface area contributed by atoms with Gasteiger partial charge in [-0.05, 0) is 6.92 Å². The first-order valence-electron chi connectivity index (χ1n) is 4.90. The van der Waals surface area contributed by atoms with E-state index < -0.39 is 28.0 Å². The van der Waals surface area contributed by atoms with Gasteiger partial charge in [0.25, 0.3) is 0 Å². The van der Waals surface area contributed by atoms with Crippen LogP contribution in [0.2, 0.25) is 0 Å². The number of carbonyl (C=O) groups is 2. The third-order valence-corrected chi connectivity index (χ3v) is 3.43. The fourth-order valence-electron chi connectivity index (χ4n) is 1.19.